The second kappa shape index (κ2) is 5.01. The molecule has 0 atom stereocenters. The van der Waals surface area contributed by atoms with Crippen molar-refractivity contribution in [1.82, 2.24) is 15.0 Å². The second-order valence-electron chi connectivity index (χ2n) is 4.62. The predicted octanol–water partition coefficient (Wildman–Crippen LogP) is 2.60. The van der Waals surface area contributed by atoms with E-state index in [9.17, 15) is 0 Å². The molecule has 1 aliphatic rings. The first-order valence-electron chi connectivity index (χ1n) is 6.19. The van der Waals surface area contributed by atoms with Crippen molar-refractivity contribution in [3.8, 4) is 0 Å². The molecule has 2 aromatic rings. The van der Waals surface area contributed by atoms with E-state index in [2.05, 4.69) is 20.3 Å². The van der Waals surface area contributed by atoms with Crippen LogP contribution in [0.5, 0.6) is 0 Å². The zero-order valence-corrected chi connectivity index (χ0v) is 11.1. The minimum absolute atomic E-state index is 0.328. The molecule has 0 spiro atoms. The number of hydrogen-bond acceptors (Lipinski definition) is 5. The largest absolute Gasteiger partial charge is 0.393 e. The average Bonchev–Trinajstić information content (AvgIpc) is 3.26. The molecule has 19 heavy (non-hydrogen) atoms. The van der Waals surface area contributed by atoms with Gasteiger partial charge in [-0.3, -0.25) is 4.98 Å². The molecule has 2 heterocycles. The lowest BCUT2D eigenvalue weighted by molar-refractivity contribution is 0.923. The molecule has 0 saturated heterocycles. The molecule has 0 aliphatic heterocycles. The van der Waals surface area contributed by atoms with E-state index in [1.54, 1.807) is 12.4 Å². The van der Waals surface area contributed by atoms with Crippen LogP contribution in [-0.2, 0) is 6.54 Å². The van der Waals surface area contributed by atoms with Gasteiger partial charge in [-0.2, -0.15) is 0 Å². The third kappa shape index (κ3) is 2.76. The summed E-state index contributed by atoms with van der Waals surface area (Å²) in [6, 6.07) is 3.88. The van der Waals surface area contributed by atoms with E-state index in [4.69, 9.17) is 17.3 Å². The highest BCUT2D eigenvalue weighted by atomic mass is 35.5. The molecule has 5 nitrogen and oxygen atoms in total. The van der Waals surface area contributed by atoms with Crippen LogP contribution in [0, 0.1) is 0 Å². The maximum atomic E-state index is 6.05. The first-order valence-corrected chi connectivity index (χ1v) is 6.57. The summed E-state index contributed by atoms with van der Waals surface area (Å²) in [4.78, 5) is 12.7. The van der Waals surface area contributed by atoms with Crippen molar-refractivity contribution in [2.75, 3.05) is 11.1 Å². The summed E-state index contributed by atoms with van der Waals surface area (Å²) in [6.07, 6.45) is 5.76. The highest BCUT2D eigenvalue weighted by Gasteiger charge is 2.28. The molecule has 0 amide bonds. The molecule has 1 fully saturated rings. The number of anilines is 2. The van der Waals surface area contributed by atoms with Gasteiger partial charge >= 0.3 is 0 Å². The van der Waals surface area contributed by atoms with Crippen molar-refractivity contribution in [3.63, 3.8) is 0 Å². The Kier molecular flexibility index (Phi) is 3.21. The fraction of sp³-hybridized carbons (Fsp3) is 0.308. The van der Waals surface area contributed by atoms with Gasteiger partial charge in [0.05, 0.1) is 0 Å². The van der Waals surface area contributed by atoms with Gasteiger partial charge in [-0.15, -0.1) is 0 Å². The number of hydrogen-bond donors (Lipinski definition) is 2. The number of nitrogen functional groups attached to an aromatic ring is 1. The lowest BCUT2D eigenvalue weighted by atomic mass is 10.2. The van der Waals surface area contributed by atoms with E-state index in [1.807, 2.05) is 12.1 Å². The van der Waals surface area contributed by atoms with Crippen LogP contribution in [0.1, 0.15) is 30.1 Å². The number of aromatic nitrogens is 3. The highest BCUT2D eigenvalue weighted by molar-refractivity contribution is 6.32. The molecule has 98 valence electrons. The molecule has 2 aromatic heterocycles. The zero-order chi connectivity index (χ0) is 13.2. The number of pyridine rings is 1. The van der Waals surface area contributed by atoms with E-state index in [-0.39, 0.29) is 0 Å². The average molecular weight is 276 g/mol. The van der Waals surface area contributed by atoms with E-state index < -0.39 is 0 Å². The first kappa shape index (κ1) is 12.2. The van der Waals surface area contributed by atoms with Crippen molar-refractivity contribution in [1.29, 1.82) is 0 Å². The summed E-state index contributed by atoms with van der Waals surface area (Å²) in [7, 11) is 0. The molecule has 0 bridgehead atoms. The van der Waals surface area contributed by atoms with E-state index in [1.165, 1.54) is 0 Å². The minimum Gasteiger partial charge on any atom is -0.393 e. The lowest BCUT2D eigenvalue weighted by Gasteiger charge is -2.10. The fourth-order valence-electron chi connectivity index (χ4n) is 1.80. The molecule has 1 aliphatic carbocycles. The quantitative estimate of drug-likeness (QED) is 0.839. The van der Waals surface area contributed by atoms with Gasteiger partial charge in [0.15, 0.2) is 11.0 Å². The number of rotatable bonds is 4. The molecule has 0 aromatic carbocycles. The van der Waals surface area contributed by atoms with E-state index >= 15 is 0 Å². The summed E-state index contributed by atoms with van der Waals surface area (Å²) < 4.78 is 0. The number of nitrogens with one attached hydrogen (secondary N) is 1. The van der Waals surface area contributed by atoms with Gasteiger partial charge in [-0.25, -0.2) is 9.97 Å². The van der Waals surface area contributed by atoms with Crippen molar-refractivity contribution in [2.45, 2.75) is 25.3 Å². The standard InChI is InChI=1S/C13H14ClN5/c14-11-10(15)13(19-12(18-11)9-1-2-9)17-7-8-3-5-16-6-4-8/h3-6,9H,1-2,7,15H2,(H,17,18,19). The third-order valence-electron chi connectivity index (χ3n) is 3.07. The summed E-state index contributed by atoms with van der Waals surface area (Å²) in [5.74, 6) is 1.84. The first-order chi connectivity index (χ1) is 9.24. The van der Waals surface area contributed by atoms with Crippen molar-refractivity contribution < 1.29 is 0 Å². The molecule has 0 radical (unpaired) electrons. The number of halogens is 1. The predicted molar refractivity (Wildman–Crippen MR) is 75.0 cm³/mol. The third-order valence-corrected chi connectivity index (χ3v) is 3.36. The van der Waals surface area contributed by atoms with Crippen LogP contribution in [0.3, 0.4) is 0 Å². The van der Waals surface area contributed by atoms with Crippen LogP contribution >= 0.6 is 11.6 Å². The van der Waals surface area contributed by atoms with Crippen LogP contribution in [0.2, 0.25) is 5.15 Å². The molecule has 0 unspecified atom stereocenters. The Labute approximate surface area is 116 Å². The molecule has 3 rings (SSSR count). The van der Waals surface area contributed by atoms with Crippen LogP contribution in [0.15, 0.2) is 24.5 Å². The Hall–Kier alpha value is -1.88. The zero-order valence-electron chi connectivity index (χ0n) is 10.3. The van der Waals surface area contributed by atoms with Gasteiger partial charge in [0, 0.05) is 24.9 Å². The fourth-order valence-corrected chi connectivity index (χ4v) is 1.98. The monoisotopic (exact) mass is 275 g/mol. The number of nitrogens with two attached hydrogens (primary N) is 1. The van der Waals surface area contributed by atoms with Crippen molar-refractivity contribution >= 4 is 23.1 Å². The van der Waals surface area contributed by atoms with Crippen molar-refractivity contribution in [2.24, 2.45) is 0 Å². The lowest BCUT2D eigenvalue weighted by Crippen LogP contribution is -2.08. The van der Waals surface area contributed by atoms with Gasteiger partial charge in [-0.1, -0.05) is 11.6 Å². The Morgan fingerprint density at radius 1 is 1.26 bits per heavy atom. The molecular formula is C13H14ClN5. The summed E-state index contributed by atoms with van der Waals surface area (Å²) in [6.45, 7) is 0.629. The summed E-state index contributed by atoms with van der Waals surface area (Å²) in [5.41, 5.74) is 7.42. The van der Waals surface area contributed by atoms with Gasteiger partial charge < -0.3 is 11.1 Å². The van der Waals surface area contributed by atoms with Gasteiger partial charge in [-0.05, 0) is 30.5 Å². The molecular weight excluding hydrogens is 262 g/mol. The molecule has 1 saturated carbocycles. The van der Waals surface area contributed by atoms with Crippen LogP contribution < -0.4 is 11.1 Å². The van der Waals surface area contributed by atoms with E-state index in [0.29, 0.717) is 29.1 Å². The summed E-state index contributed by atoms with van der Waals surface area (Å²) >= 11 is 6.05. The highest BCUT2D eigenvalue weighted by Crippen LogP contribution is 2.40. The maximum absolute atomic E-state index is 6.05. The smallest absolute Gasteiger partial charge is 0.157 e. The second-order valence-corrected chi connectivity index (χ2v) is 4.98. The van der Waals surface area contributed by atoms with Gasteiger partial charge in [0.25, 0.3) is 0 Å². The van der Waals surface area contributed by atoms with Crippen LogP contribution in [0.4, 0.5) is 11.5 Å². The van der Waals surface area contributed by atoms with Gasteiger partial charge in [0.2, 0.25) is 0 Å². The van der Waals surface area contributed by atoms with Crippen molar-refractivity contribution in [3.05, 3.63) is 41.1 Å². The maximum Gasteiger partial charge on any atom is 0.157 e. The normalized spacial score (nSPS) is 14.4. The van der Waals surface area contributed by atoms with Crippen LogP contribution in [0.25, 0.3) is 0 Å². The van der Waals surface area contributed by atoms with Gasteiger partial charge in [0.1, 0.15) is 11.5 Å². The minimum atomic E-state index is 0.328. The molecule has 6 heteroatoms. The SMILES string of the molecule is Nc1c(Cl)nc(C2CC2)nc1NCc1ccncc1. The topological polar surface area (TPSA) is 76.7 Å². The molecule has 3 N–H and O–H groups in total. The Morgan fingerprint density at radius 2 is 2.00 bits per heavy atom. The number of nitrogens with zero attached hydrogens (tertiary/aromatic N) is 3. The Morgan fingerprint density at radius 3 is 2.68 bits per heavy atom. The van der Waals surface area contributed by atoms with E-state index in [0.717, 1.165) is 24.2 Å². The van der Waals surface area contributed by atoms with Crippen LogP contribution in [-0.4, -0.2) is 15.0 Å². The summed E-state index contributed by atoms with van der Waals surface area (Å²) in [5, 5.41) is 3.53. The Balaban J connectivity index is 1.79. The Bertz CT molecular complexity index is 583.